The summed E-state index contributed by atoms with van der Waals surface area (Å²) in [6.07, 6.45) is 0.234. The van der Waals surface area contributed by atoms with E-state index in [2.05, 4.69) is 15.4 Å². The lowest BCUT2D eigenvalue weighted by Crippen LogP contribution is -2.14. The zero-order valence-electron chi connectivity index (χ0n) is 15.3. The van der Waals surface area contributed by atoms with Crippen LogP contribution in [-0.4, -0.2) is 26.3 Å². The first-order valence-corrected chi connectivity index (χ1v) is 9.77. The van der Waals surface area contributed by atoms with Crippen LogP contribution in [0.15, 0.2) is 60.0 Å². The second kappa shape index (κ2) is 7.74. The van der Waals surface area contributed by atoms with Crippen LogP contribution in [0.2, 0.25) is 0 Å². The minimum Gasteiger partial charge on any atom is -0.294 e. The average molecular weight is 390 g/mol. The van der Waals surface area contributed by atoms with Crippen molar-refractivity contribution in [2.75, 3.05) is 5.32 Å². The number of nitrogens with one attached hydrogen (secondary N) is 1. The van der Waals surface area contributed by atoms with E-state index in [1.807, 2.05) is 42.6 Å². The Hall–Kier alpha value is -3.32. The number of hydrogen-bond acceptors (Lipinski definition) is 5. The standard InChI is InChI=1S/C21H18N4O2S/c1-14-7-9-15(10-8-14)17-13-28-21-23-20(24-25(17)21)22-19(27)12-11-18(26)16-5-3-2-4-6-16/h2-10,13H,11-12H2,1H3,(H,22,24,27). The predicted octanol–water partition coefficient (Wildman–Crippen LogP) is 4.37. The van der Waals surface area contributed by atoms with Crippen LogP contribution >= 0.6 is 11.3 Å². The van der Waals surface area contributed by atoms with Crippen molar-refractivity contribution in [1.29, 1.82) is 0 Å². The summed E-state index contributed by atoms with van der Waals surface area (Å²) in [6, 6.07) is 17.1. The number of amides is 1. The molecule has 0 unspecified atom stereocenters. The van der Waals surface area contributed by atoms with Gasteiger partial charge in [-0.2, -0.15) is 4.98 Å². The summed E-state index contributed by atoms with van der Waals surface area (Å²) >= 11 is 1.46. The van der Waals surface area contributed by atoms with Crippen molar-refractivity contribution in [3.63, 3.8) is 0 Å². The molecule has 0 bridgehead atoms. The van der Waals surface area contributed by atoms with E-state index < -0.39 is 0 Å². The normalized spacial score (nSPS) is 10.9. The zero-order chi connectivity index (χ0) is 19.5. The third-order valence-corrected chi connectivity index (χ3v) is 5.17. The topological polar surface area (TPSA) is 76.4 Å². The molecule has 28 heavy (non-hydrogen) atoms. The Morgan fingerprint density at radius 1 is 1.04 bits per heavy atom. The van der Waals surface area contributed by atoms with Gasteiger partial charge in [0, 0.05) is 29.3 Å². The zero-order valence-corrected chi connectivity index (χ0v) is 16.1. The van der Waals surface area contributed by atoms with Gasteiger partial charge >= 0.3 is 0 Å². The molecule has 2 aromatic heterocycles. The van der Waals surface area contributed by atoms with E-state index in [0.29, 0.717) is 10.5 Å². The predicted molar refractivity (Wildman–Crippen MR) is 110 cm³/mol. The molecule has 2 heterocycles. The Morgan fingerprint density at radius 2 is 1.79 bits per heavy atom. The maximum Gasteiger partial charge on any atom is 0.250 e. The van der Waals surface area contributed by atoms with Crippen molar-refractivity contribution in [2.24, 2.45) is 0 Å². The Morgan fingerprint density at radius 3 is 2.54 bits per heavy atom. The molecule has 2 aromatic carbocycles. The van der Waals surface area contributed by atoms with Crippen LogP contribution in [0.5, 0.6) is 0 Å². The number of nitrogens with zero attached hydrogens (tertiary/aromatic N) is 3. The van der Waals surface area contributed by atoms with Crippen LogP contribution in [0.3, 0.4) is 0 Å². The highest BCUT2D eigenvalue weighted by Gasteiger charge is 2.14. The summed E-state index contributed by atoms with van der Waals surface area (Å²) in [6.45, 7) is 2.04. The van der Waals surface area contributed by atoms with Crippen molar-refractivity contribution < 1.29 is 9.59 Å². The van der Waals surface area contributed by atoms with Gasteiger partial charge in [0.15, 0.2) is 5.78 Å². The Balaban J connectivity index is 1.43. The highest BCUT2D eigenvalue weighted by Crippen LogP contribution is 2.26. The van der Waals surface area contributed by atoms with Gasteiger partial charge in [-0.25, -0.2) is 4.52 Å². The van der Waals surface area contributed by atoms with Crippen LogP contribution in [-0.2, 0) is 4.79 Å². The van der Waals surface area contributed by atoms with Gasteiger partial charge < -0.3 is 0 Å². The molecule has 0 aliphatic heterocycles. The van der Waals surface area contributed by atoms with Crippen molar-refractivity contribution in [3.8, 4) is 11.3 Å². The van der Waals surface area contributed by atoms with E-state index in [9.17, 15) is 9.59 Å². The van der Waals surface area contributed by atoms with E-state index in [1.165, 1.54) is 16.9 Å². The highest BCUT2D eigenvalue weighted by atomic mass is 32.1. The summed E-state index contributed by atoms with van der Waals surface area (Å²) in [5, 5.41) is 9.07. The van der Waals surface area contributed by atoms with Crippen LogP contribution in [0, 0.1) is 6.92 Å². The Bertz CT molecular complexity index is 1130. The molecule has 0 atom stereocenters. The summed E-state index contributed by atoms with van der Waals surface area (Å²) in [7, 11) is 0. The van der Waals surface area contributed by atoms with Gasteiger partial charge in [0.1, 0.15) is 0 Å². The molecule has 1 amide bonds. The van der Waals surface area contributed by atoms with E-state index in [0.717, 1.165) is 11.3 Å². The first kappa shape index (κ1) is 18.1. The third kappa shape index (κ3) is 3.84. The SMILES string of the molecule is Cc1ccc(-c2csc3nc(NC(=O)CCC(=O)c4ccccc4)nn23)cc1. The van der Waals surface area contributed by atoms with Crippen molar-refractivity contribution in [2.45, 2.75) is 19.8 Å². The molecule has 1 N–H and O–H groups in total. The van der Waals surface area contributed by atoms with Gasteiger partial charge in [0.25, 0.3) is 0 Å². The van der Waals surface area contributed by atoms with Crippen LogP contribution in [0.4, 0.5) is 5.95 Å². The lowest BCUT2D eigenvalue weighted by atomic mass is 10.1. The minimum atomic E-state index is -0.278. The molecule has 0 aliphatic rings. The molecule has 0 aliphatic carbocycles. The van der Waals surface area contributed by atoms with Gasteiger partial charge in [0.05, 0.1) is 5.69 Å². The number of anilines is 1. The fourth-order valence-corrected chi connectivity index (χ4v) is 3.67. The average Bonchev–Trinajstić information content (AvgIpc) is 3.28. The lowest BCUT2D eigenvalue weighted by molar-refractivity contribution is -0.116. The van der Waals surface area contributed by atoms with Crippen LogP contribution < -0.4 is 5.32 Å². The molecule has 140 valence electrons. The van der Waals surface area contributed by atoms with Crippen molar-refractivity contribution in [1.82, 2.24) is 14.6 Å². The first-order valence-electron chi connectivity index (χ1n) is 8.89. The number of Topliss-reactive ketones (excluding diaryl/α,β-unsaturated/α-hetero) is 1. The second-order valence-electron chi connectivity index (χ2n) is 6.45. The molecule has 0 saturated carbocycles. The number of carbonyl (C=O) groups is 2. The molecule has 6 nitrogen and oxygen atoms in total. The number of benzene rings is 2. The molecule has 0 saturated heterocycles. The van der Waals surface area contributed by atoms with Gasteiger partial charge in [-0.1, -0.05) is 60.2 Å². The molecule has 0 radical (unpaired) electrons. The number of fused-ring (bicyclic) bond motifs is 1. The van der Waals surface area contributed by atoms with Crippen molar-refractivity contribution in [3.05, 3.63) is 71.1 Å². The summed E-state index contributed by atoms with van der Waals surface area (Å²) in [4.78, 5) is 29.4. The van der Waals surface area contributed by atoms with E-state index in [4.69, 9.17) is 0 Å². The van der Waals surface area contributed by atoms with E-state index in [-0.39, 0.29) is 30.5 Å². The van der Waals surface area contributed by atoms with Crippen LogP contribution in [0.25, 0.3) is 16.2 Å². The summed E-state index contributed by atoms with van der Waals surface area (Å²) in [5.41, 5.74) is 3.76. The number of carbonyl (C=O) groups excluding carboxylic acids is 2. The summed E-state index contributed by atoms with van der Waals surface area (Å²) < 4.78 is 1.72. The van der Waals surface area contributed by atoms with Gasteiger partial charge in [-0.15, -0.1) is 16.4 Å². The number of rotatable bonds is 6. The van der Waals surface area contributed by atoms with Gasteiger partial charge in [-0.3, -0.25) is 14.9 Å². The van der Waals surface area contributed by atoms with E-state index in [1.54, 1.807) is 28.8 Å². The number of aromatic nitrogens is 3. The molecular formula is C21H18N4O2S. The first-order chi connectivity index (χ1) is 13.6. The largest absolute Gasteiger partial charge is 0.294 e. The molecule has 4 aromatic rings. The Kier molecular flexibility index (Phi) is 4.99. The van der Waals surface area contributed by atoms with Gasteiger partial charge in [0.2, 0.25) is 16.8 Å². The van der Waals surface area contributed by atoms with Crippen LogP contribution in [0.1, 0.15) is 28.8 Å². The maximum atomic E-state index is 12.2. The quantitative estimate of drug-likeness (QED) is 0.496. The summed E-state index contributed by atoms with van der Waals surface area (Å²) in [5.74, 6) is -0.0898. The smallest absolute Gasteiger partial charge is 0.250 e. The fourth-order valence-electron chi connectivity index (χ4n) is 2.84. The number of thiazole rings is 1. The minimum absolute atomic E-state index is 0.0591. The Labute approximate surface area is 165 Å². The third-order valence-electron chi connectivity index (χ3n) is 4.36. The number of ketones is 1. The lowest BCUT2D eigenvalue weighted by Gasteiger charge is -2.02. The number of hydrogen-bond donors (Lipinski definition) is 1. The number of aryl methyl sites for hydroxylation is 1. The van der Waals surface area contributed by atoms with Gasteiger partial charge in [-0.05, 0) is 6.92 Å². The monoisotopic (exact) mass is 390 g/mol. The fraction of sp³-hybridized carbons (Fsp3) is 0.143. The molecule has 7 heteroatoms. The van der Waals surface area contributed by atoms with Crippen molar-refractivity contribution >= 4 is 33.9 Å². The molecule has 0 spiro atoms. The van der Waals surface area contributed by atoms with E-state index >= 15 is 0 Å². The highest BCUT2D eigenvalue weighted by molar-refractivity contribution is 7.15. The molecular weight excluding hydrogens is 372 g/mol. The molecule has 4 rings (SSSR count). The maximum absolute atomic E-state index is 12.2. The molecule has 0 fully saturated rings. The second-order valence-corrected chi connectivity index (χ2v) is 7.29.